The van der Waals surface area contributed by atoms with Crippen LogP contribution < -0.4 is 0 Å². The number of nitro groups is 1. The van der Waals surface area contributed by atoms with Gasteiger partial charge in [-0.15, -0.1) is 11.8 Å². The fraction of sp³-hybridized carbons (Fsp3) is 0.600. The molecule has 0 aromatic rings. The molecule has 0 aromatic heterocycles. The first-order chi connectivity index (χ1) is 4.74. The van der Waals surface area contributed by atoms with Gasteiger partial charge in [-0.05, 0) is 6.26 Å². The highest BCUT2D eigenvalue weighted by atomic mass is 32.2. The van der Waals surface area contributed by atoms with Crippen molar-refractivity contribution < 1.29 is 4.92 Å². The van der Waals surface area contributed by atoms with Gasteiger partial charge < -0.3 is 4.90 Å². The molecular formula is C5H8N2O2S. The van der Waals surface area contributed by atoms with Crippen LogP contribution in [0.4, 0.5) is 0 Å². The molecule has 0 radical (unpaired) electrons. The van der Waals surface area contributed by atoms with Crippen molar-refractivity contribution in [1.29, 1.82) is 0 Å². The van der Waals surface area contributed by atoms with Gasteiger partial charge in [-0.3, -0.25) is 10.1 Å². The quantitative estimate of drug-likeness (QED) is 0.347. The van der Waals surface area contributed by atoms with Gasteiger partial charge in [-0.25, -0.2) is 0 Å². The zero-order valence-electron chi connectivity index (χ0n) is 5.61. The molecule has 0 N–H and O–H groups in total. The maximum absolute atomic E-state index is 9.99. The van der Waals surface area contributed by atoms with Crippen molar-refractivity contribution >= 4 is 11.8 Å². The van der Waals surface area contributed by atoms with Crippen LogP contribution in [0.3, 0.4) is 0 Å². The third-order valence-corrected chi connectivity index (χ3v) is 1.97. The highest BCUT2D eigenvalue weighted by Gasteiger charge is 2.22. The smallest absolute Gasteiger partial charge is 0.264 e. The highest BCUT2D eigenvalue weighted by Crippen LogP contribution is 2.23. The summed E-state index contributed by atoms with van der Waals surface area (Å²) in [7, 11) is 0. The Morgan fingerprint density at radius 3 is 2.70 bits per heavy atom. The number of nitrogens with zero attached hydrogens (tertiary/aromatic N) is 2. The molecule has 0 atom stereocenters. The summed E-state index contributed by atoms with van der Waals surface area (Å²) in [5, 5.41) is 10.7. The minimum atomic E-state index is -0.413. The second-order valence-electron chi connectivity index (χ2n) is 1.94. The average molecular weight is 160 g/mol. The summed E-state index contributed by atoms with van der Waals surface area (Å²) in [6, 6.07) is 0. The molecule has 0 spiro atoms. The lowest BCUT2D eigenvalue weighted by molar-refractivity contribution is -0.403. The summed E-state index contributed by atoms with van der Waals surface area (Å²) in [6.07, 6.45) is 2.89. The van der Waals surface area contributed by atoms with Crippen LogP contribution in [0.15, 0.2) is 11.2 Å². The standard InChI is InChI=1S/C5H8N2O2S/c1-10-5(4-7(8)9)6-2-3-6/h4H,2-3H2,1H3. The Hall–Kier alpha value is -0.710. The lowest BCUT2D eigenvalue weighted by Gasteiger charge is -1.98. The van der Waals surface area contributed by atoms with Crippen LogP contribution in [-0.4, -0.2) is 29.2 Å². The van der Waals surface area contributed by atoms with Crippen molar-refractivity contribution in [3.63, 3.8) is 0 Å². The molecule has 1 rings (SSSR count). The topological polar surface area (TPSA) is 46.1 Å². The van der Waals surface area contributed by atoms with Gasteiger partial charge in [-0.2, -0.15) is 0 Å². The van der Waals surface area contributed by atoms with E-state index in [1.165, 1.54) is 11.8 Å². The van der Waals surface area contributed by atoms with Crippen LogP contribution in [0.25, 0.3) is 0 Å². The van der Waals surface area contributed by atoms with Gasteiger partial charge in [0.25, 0.3) is 6.20 Å². The zero-order chi connectivity index (χ0) is 7.56. The van der Waals surface area contributed by atoms with E-state index < -0.39 is 4.92 Å². The summed E-state index contributed by atoms with van der Waals surface area (Å²) in [4.78, 5) is 11.5. The largest absolute Gasteiger partial charge is 0.358 e. The van der Waals surface area contributed by atoms with Crippen LogP contribution in [0, 0.1) is 10.1 Å². The van der Waals surface area contributed by atoms with Crippen molar-refractivity contribution in [2.45, 2.75) is 0 Å². The number of rotatable bonds is 3. The predicted molar refractivity (Wildman–Crippen MR) is 40.2 cm³/mol. The second-order valence-corrected chi connectivity index (χ2v) is 2.77. The normalized spacial score (nSPS) is 17.3. The number of hydrogen-bond donors (Lipinski definition) is 0. The molecule has 4 nitrogen and oxygen atoms in total. The average Bonchev–Trinajstić information content (AvgIpc) is 2.63. The van der Waals surface area contributed by atoms with Crippen LogP contribution in [0.2, 0.25) is 0 Å². The molecule has 1 aliphatic rings. The monoisotopic (exact) mass is 160 g/mol. The Labute approximate surface area is 63.0 Å². The van der Waals surface area contributed by atoms with Gasteiger partial charge in [0.1, 0.15) is 5.03 Å². The molecule has 10 heavy (non-hydrogen) atoms. The molecule has 1 saturated heterocycles. The lowest BCUT2D eigenvalue weighted by Crippen LogP contribution is -1.96. The summed E-state index contributed by atoms with van der Waals surface area (Å²) in [5.74, 6) is 0. The Balaban J connectivity index is 2.53. The molecule has 5 heteroatoms. The van der Waals surface area contributed by atoms with E-state index in [-0.39, 0.29) is 0 Å². The predicted octanol–water partition coefficient (Wildman–Crippen LogP) is 0.741. The third kappa shape index (κ3) is 1.91. The minimum absolute atomic E-state index is 0.413. The van der Waals surface area contributed by atoms with Crippen LogP contribution in [0.5, 0.6) is 0 Å². The van der Waals surface area contributed by atoms with E-state index in [9.17, 15) is 10.1 Å². The van der Waals surface area contributed by atoms with Gasteiger partial charge in [0, 0.05) is 13.1 Å². The molecule has 0 aromatic carbocycles. The summed E-state index contributed by atoms with van der Waals surface area (Å²) in [5.41, 5.74) is 0. The Kier molecular flexibility index (Phi) is 2.16. The van der Waals surface area contributed by atoms with Gasteiger partial charge >= 0.3 is 0 Å². The zero-order valence-corrected chi connectivity index (χ0v) is 6.43. The van der Waals surface area contributed by atoms with E-state index in [1.807, 2.05) is 11.2 Å². The maximum Gasteiger partial charge on any atom is 0.264 e. The summed E-state index contributed by atoms with van der Waals surface area (Å²) >= 11 is 1.41. The Morgan fingerprint density at radius 2 is 2.40 bits per heavy atom. The van der Waals surface area contributed by atoms with E-state index in [1.54, 1.807) is 0 Å². The number of hydrogen-bond acceptors (Lipinski definition) is 4. The molecule has 0 bridgehead atoms. The molecular weight excluding hydrogens is 152 g/mol. The van der Waals surface area contributed by atoms with Gasteiger partial charge in [0.2, 0.25) is 0 Å². The fourth-order valence-electron chi connectivity index (χ4n) is 0.624. The van der Waals surface area contributed by atoms with E-state index in [0.29, 0.717) is 0 Å². The minimum Gasteiger partial charge on any atom is -0.358 e. The van der Waals surface area contributed by atoms with E-state index >= 15 is 0 Å². The summed E-state index contributed by atoms with van der Waals surface area (Å²) < 4.78 is 0. The molecule has 0 aliphatic carbocycles. The first kappa shape index (κ1) is 7.40. The lowest BCUT2D eigenvalue weighted by atomic mass is 10.9. The molecule has 1 aliphatic heterocycles. The molecule has 0 amide bonds. The Morgan fingerprint density at radius 1 is 1.80 bits per heavy atom. The van der Waals surface area contributed by atoms with Crippen molar-refractivity contribution in [3.8, 4) is 0 Å². The van der Waals surface area contributed by atoms with E-state index in [4.69, 9.17) is 0 Å². The van der Waals surface area contributed by atoms with Crippen molar-refractivity contribution in [2.24, 2.45) is 0 Å². The SMILES string of the molecule is CSC(=C[N+](=O)[O-])N1CC1. The van der Waals surface area contributed by atoms with Crippen molar-refractivity contribution in [1.82, 2.24) is 4.90 Å². The number of thioether (sulfide) groups is 1. The van der Waals surface area contributed by atoms with Gasteiger partial charge in [0.15, 0.2) is 0 Å². The van der Waals surface area contributed by atoms with Gasteiger partial charge in [0.05, 0.1) is 4.92 Å². The first-order valence-corrected chi connectivity index (χ1v) is 4.11. The van der Waals surface area contributed by atoms with E-state index in [2.05, 4.69) is 0 Å². The molecule has 0 unspecified atom stereocenters. The van der Waals surface area contributed by atoms with Crippen LogP contribution >= 0.6 is 11.8 Å². The molecule has 0 saturated carbocycles. The Bertz CT molecular complexity index is 176. The van der Waals surface area contributed by atoms with Crippen molar-refractivity contribution in [3.05, 3.63) is 21.3 Å². The van der Waals surface area contributed by atoms with Crippen LogP contribution in [-0.2, 0) is 0 Å². The highest BCUT2D eigenvalue weighted by molar-refractivity contribution is 8.02. The van der Waals surface area contributed by atoms with Gasteiger partial charge in [-0.1, -0.05) is 0 Å². The molecule has 1 fully saturated rings. The van der Waals surface area contributed by atoms with Crippen LogP contribution in [0.1, 0.15) is 0 Å². The second kappa shape index (κ2) is 2.92. The maximum atomic E-state index is 9.99. The van der Waals surface area contributed by atoms with E-state index in [0.717, 1.165) is 24.3 Å². The fourth-order valence-corrected chi connectivity index (χ4v) is 1.26. The molecule has 1 heterocycles. The third-order valence-electron chi connectivity index (χ3n) is 1.18. The summed E-state index contributed by atoms with van der Waals surface area (Å²) in [6.45, 7) is 1.92. The molecule has 56 valence electrons. The van der Waals surface area contributed by atoms with Crippen molar-refractivity contribution in [2.75, 3.05) is 19.3 Å². The first-order valence-electron chi connectivity index (χ1n) is 2.88.